The number of benzene rings is 1. The van der Waals surface area contributed by atoms with Gasteiger partial charge in [-0.3, -0.25) is 9.78 Å². The van der Waals surface area contributed by atoms with Gasteiger partial charge in [0.15, 0.2) is 0 Å². The zero-order valence-electron chi connectivity index (χ0n) is 14.1. The van der Waals surface area contributed by atoms with Crippen LogP contribution in [0.3, 0.4) is 0 Å². The quantitative estimate of drug-likeness (QED) is 0.916. The molecule has 0 aliphatic carbocycles. The molecular formula is C19H25N3O. The predicted molar refractivity (Wildman–Crippen MR) is 93.7 cm³/mol. The van der Waals surface area contributed by atoms with Crippen molar-refractivity contribution < 1.29 is 4.79 Å². The Labute approximate surface area is 137 Å². The van der Waals surface area contributed by atoms with Gasteiger partial charge in [-0.2, -0.15) is 0 Å². The van der Waals surface area contributed by atoms with Crippen LogP contribution in [-0.4, -0.2) is 30.0 Å². The van der Waals surface area contributed by atoms with Gasteiger partial charge in [0.05, 0.1) is 11.1 Å². The number of para-hydroxylation sites is 1. The van der Waals surface area contributed by atoms with E-state index in [0.29, 0.717) is 11.8 Å². The zero-order valence-corrected chi connectivity index (χ0v) is 14.1. The molecule has 1 aliphatic heterocycles. The minimum absolute atomic E-state index is 0.0178. The van der Waals surface area contributed by atoms with Gasteiger partial charge in [0.25, 0.3) is 5.91 Å². The molecule has 2 atom stereocenters. The Balaban J connectivity index is 1.95. The van der Waals surface area contributed by atoms with E-state index in [0.717, 1.165) is 41.7 Å². The number of aromatic nitrogens is 1. The maximum Gasteiger partial charge on any atom is 0.252 e. The van der Waals surface area contributed by atoms with Crippen molar-refractivity contribution >= 4 is 16.8 Å². The van der Waals surface area contributed by atoms with E-state index in [9.17, 15) is 4.79 Å². The molecule has 4 nitrogen and oxygen atoms in total. The summed E-state index contributed by atoms with van der Waals surface area (Å²) in [4.78, 5) is 17.6. The minimum Gasteiger partial charge on any atom is -0.349 e. The van der Waals surface area contributed by atoms with Gasteiger partial charge in [-0.25, -0.2) is 0 Å². The Morgan fingerprint density at radius 1 is 1.35 bits per heavy atom. The van der Waals surface area contributed by atoms with Crippen molar-refractivity contribution in [2.75, 3.05) is 13.1 Å². The molecular weight excluding hydrogens is 286 g/mol. The molecule has 4 heteroatoms. The summed E-state index contributed by atoms with van der Waals surface area (Å²) in [5.41, 5.74) is 2.60. The second-order valence-electron chi connectivity index (χ2n) is 6.82. The number of carbonyl (C=O) groups is 1. The maximum atomic E-state index is 12.9. The van der Waals surface area contributed by atoms with E-state index in [1.807, 2.05) is 30.3 Å². The van der Waals surface area contributed by atoms with Crippen molar-refractivity contribution in [1.29, 1.82) is 0 Å². The fourth-order valence-corrected chi connectivity index (χ4v) is 3.15. The first-order chi connectivity index (χ1) is 11.1. The topological polar surface area (TPSA) is 54.0 Å². The highest BCUT2D eigenvalue weighted by Gasteiger charge is 2.24. The first-order valence-electron chi connectivity index (χ1n) is 8.47. The third-order valence-electron chi connectivity index (χ3n) is 4.67. The smallest absolute Gasteiger partial charge is 0.252 e. The summed E-state index contributed by atoms with van der Waals surface area (Å²) in [5, 5.41) is 7.53. The number of rotatable bonds is 3. The first-order valence-corrected chi connectivity index (χ1v) is 8.47. The maximum absolute atomic E-state index is 12.9. The van der Waals surface area contributed by atoms with Crippen LogP contribution in [0.1, 0.15) is 49.2 Å². The number of nitrogens with zero attached hydrogens (tertiary/aromatic N) is 1. The van der Waals surface area contributed by atoms with Crippen LogP contribution in [0.4, 0.5) is 0 Å². The van der Waals surface area contributed by atoms with Crippen LogP contribution in [0, 0.1) is 5.92 Å². The first kappa shape index (κ1) is 15.9. The number of piperidine rings is 1. The van der Waals surface area contributed by atoms with Gasteiger partial charge in [0, 0.05) is 17.1 Å². The minimum atomic E-state index is 0.0178. The van der Waals surface area contributed by atoms with Gasteiger partial charge in [-0.05, 0) is 43.5 Å². The molecule has 0 radical (unpaired) electrons. The molecule has 2 N–H and O–H groups in total. The van der Waals surface area contributed by atoms with Gasteiger partial charge in [0.1, 0.15) is 0 Å². The highest BCUT2D eigenvalue weighted by atomic mass is 16.1. The molecule has 2 aromatic rings. The van der Waals surface area contributed by atoms with E-state index in [1.165, 1.54) is 0 Å². The van der Waals surface area contributed by atoms with Gasteiger partial charge in [-0.15, -0.1) is 0 Å². The third kappa shape index (κ3) is 3.37. The third-order valence-corrected chi connectivity index (χ3v) is 4.67. The molecule has 0 saturated carbocycles. The van der Waals surface area contributed by atoms with Gasteiger partial charge >= 0.3 is 0 Å². The zero-order chi connectivity index (χ0) is 16.4. The Kier molecular flexibility index (Phi) is 4.62. The van der Waals surface area contributed by atoms with Crippen LogP contribution in [0.5, 0.6) is 0 Å². The largest absolute Gasteiger partial charge is 0.349 e. The molecule has 1 amide bonds. The average Bonchev–Trinajstić information content (AvgIpc) is 2.55. The van der Waals surface area contributed by atoms with E-state index in [-0.39, 0.29) is 11.9 Å². The lowest BCUT2D eigenvalue weighted by atomic mass is 9.94. The van der Waals surface area contributed by atoms with Crippen LogP contribution in [-0.2, 0) is 0 Å². The summed E-state index contributed by atoms with van der Waals surface area (Å²) in [5.74, 6) is 0.763. The van der Waals surface area contributed by atoms with E-state index >= 15 is 0 Å². The number of amides is 1. The second-order valence-corrected chi connectivity index (χ2v) is 6.82. The standard InChI is InChI=1S/C19H25N3O/c1-12(2)18-10-15(14-6-4-5-7-17(14)21-18)19(23)22-16-8-9-20-11-13(16)3/h4-7,10,12-13,16,20H,8-9,11H2,1-3H3,(H,22,23). The summed E-state index contributed by atoms with van der Waals surface area (Å²) in [7, 11) is 0. The predicted octanol–water partition coefficient (Wildman–Crippen LogP) is 3.09. The fourth-order valence-electron chi connectivity index (χ4n) is 3.15. The van der Waals surface area contributed by atoms with Crippen LogP contribution in [0.2, 0.25) is 0 Å². The Hall–Kier alpha value is -1.94. The highest BCUT2D eigenvalue weighted by Crippen LogP contribution is 2.23. The molecule has 2 heterocycles. The van der Waals surface area contributed by atoms with E-state index in [1.54, 1.807) is 0 Å². The summed E-state index contributed by atoms with van der Waals surface area (Å²) in [6.07, 6.45) is 0.979. The summed E-state index contributed by atoms with van der Waals surface area (Å²) < 4.78 is 0. The van der Waals surface area contributed by atoms with Crippen LogP contribution in [0.15, 0.2) is 30.3 Å². The molecule has 1 saturated heterocycles. The van der Waals surface area contributed by atoms with Gasteiger partial charge in [0.2, 0.25) is 0 Å². The van der Waals surface area contributed by atoms with Gasteiger partial charge < -0.3 is 10.6 Å². The number of fused-ring (bicyclic) bond motifs is 1. The summed E-state index contributed by atoms with van der Waals surface area (Å²) in [6, 6.07) is 10.1. The van der Waals surface area contributed by atoms with Crippen molar-refractivity contribution in [3.8, 4) is 0 Å². The molecule has 122 valence electrons. The molecule has 2 unspecified atom stereocenters. The monoisotopic (exact) mass is 311 g/mol. The normalized spacial score (nSPS) is 21.6. The number of pyridine rings is 1. The molecule has 0 spiro atoms. The van der Waals surface area contributed by atoms with Crippen LogP contribution >= 0.6 is 0 Å². The summed E-state index contributed by atoms with van der Waals surface area (Å²) in [6.45, 7) is 8.31. The van der Waals surface area contributed by atoms with E-state index in [2.05, 4.69) is 36.4 Å². The Bertz CT molecular complexity index is 711. The van der Waals surface area contributed by atoms with Crippen molar-refractivity contribution in [2.24, 2.45) is 5.92 Å². The SMILES string of the molecule is CC(C)c1cc(C(=O)NC2CCNCC2C)c2ccccc2n1. The molecule has 1 aromatic heterocycles. The van der Waals surface area contributed by atoms with Crippen molar-refractivity contribution in [3.63, 3.8) is 0 Å². The highest BCUT2D eigenvalue weighted by molar-refractivity contribution is 6.06. The second kappa shape index (κ2) is 6.67. The summed E-state index contributed by atoms with van der Waals surface area (Å²) >= 11 is 0. The number of hydrogen-bond donors (Lipinski definition) is 2. The molecule has 1 aromatic carbocycles. The molecule has 3 rings (SSSR count). The lowest BCUT2D eigenvalue weighted by molar-refractivity contribution is 0.0915. The number of carbonyl (C=O) groups excluding carboxylic acids is 1. The molecule has 23 heavy (non-hydrogen) atoms. The average molecular weight is 311 g/mol. The molecule has 1 aliphatic rings. The number of nitrogens with one attached hydrogen (secondary N) is 2. The van der Waals surface area contributed by atoms with Crippen LogP contribution < -0.4 is 10.6 Å². The fraction of sp³-hybridized carbons (Fsp3) is 0.474. The molecule has 0 bridgehead atoms. The van der Waals surface area contributed by atoms with Crippen LogP contribution in [0.25, 0.3) is 10.9 Å². The van der Waals surface area contributed by atoms with Crippen molar-refractivity contribution in [1.82, 2.24) is 15.6 Å². The van der Waals surface area contributed by atoms with E-state index in [4.69, 9.17) is 0 Å². The van der Waals surface area contributed by atoms with Crippen molar-refractivity contribution in [3.05, 3.63) is 41.6 Å². The Morgan fingerprint density at radius 3 is 2.87 bits per heavy atom. The number of hydrogen-bond acceptors (Lipinski definition) is 3. The Morgan fingerprint density at radius 2 is 2.13 bits per heavy atom. The lowest BCUT2D eigenvalue weighted by Crippen LogP contribution is -2.48. The lowest BCUT2D eigenvalue weighted by Gasteiger charge is -2.30. The van der Waals surface area contributed by atoms with Gasteiger partial charge in [-0.1, -0.05) is 39.0 Å². The molecule has 1 fully saturated rings. The van der Waals surface area contributed by atoms with Crippen molar-refractivity contribution in [2.45, 2.75) is 39.2 Å². The van der Waals surface area contributed by atoms with E-state index < -0.39 is 0 Å².